The first kappa shape index (κ1) is 13.0. The highest BCUT2D eigenvalue weighted by Gasteiger charge is 2.04. The smallest absolute Gasteiger partial charge is 0.0705 e. The second kappa shape index (κ2) is 6.50. The third-order valence-electron chi connectivity index (χ3n) is 3.32. The van der Waals surface area contributed by atoms with E-state index in [0.717, 1.165) is 12.1 Å². The van der Waals surface area contributed by atoms with Crippen molar-refractivity contribution in [2.75, 3.05) is 13.6 Å². The second-order valence-corrected chi connectivity index (χ2v) is 4.93. The third-order valence-corrected chi connectivity index (χ3v) is 3.32. The average Bonchev–Trinajstić information content (AvgIpc) is 2.39. The Kier molecular flexibility index (Phi) is 4.71. The Bertz CT molecular complexity index is 488. The maximum Gasteiger partial charge on any atom is 0.0705 e. The van der Waals surface area contributed by atoms with Gasteiger partial charge in [0, 0.05) is 18.1 Å². The molecule has 0 saturated carbocycles. The number of pyridine rings is 1. The predicted molar refractivity (Wildman–Crippen MR) is 77.6 cm³/mol. The molecule has 0 atom stereocenters. The van der Waals surface area contributed by atoms with E-state index in [4.69, 9.17) is 0 Å². The van der Waals surface area contributed by atoms with Crippen molar-refractivity contribution in [1.82, 2.24) is 9.88 Å². The number of para-hydroxylation sites is 1. The van der Waals surface area contributed by atoms with Gasteiger partial charge in [0.1, 0.15) is 0 Å². The highest BCUT2D eigenvalue weighted by Crippen LogP contribution is 2.17. The van der Waals surface area contributed by atoms with Gasteiger partial charge >= 0.3 is 0 Å². The van der Waals surface area contributed by atoms with Crippen LogP contribution >= 0.6 is 0 Å². The van der Waals surface area contributed by atoms with E-state index in [1.54, 1.807) is 0 Å². The van der Waals surface area contributed by atoms with Crippen LogP contribution in [0.1, 0.15) is 31.7 Å². The number of hydrogen-bond acceptors (Lipinski definition) is 2. The van der Waals surface area contributed by atoms with Crippen molar-refractivity contribution in [1.29, 1.82) is 0 Å². The zero-order chi connectivity index (χ0) is 12.8. The van der Waals surface area contributed by atoms with E-state index in [2.05, 4.69) is 48.1 Å². The summed E-state index contributed by atoms with van der Waals surface area (Å²) in [4.78, 5) is 6.81. The van der Waals surface area contributed by atoms with E-state index < -0.39 is 0 Å². The minimum Gasteiger partial charge on any atom is -0.302 e. The van der Waals surface area contributed by atoms with Crippen molar-refractivity contribution in [3.05, 3.63) is 42.1 Å². The van der Waals surface area contributed by atoms with Crippen LogP contribution in [0.4, 0.5) is 0 Å². The van der Waals surface area contributed by atoms with E-state index in [9.17, 15) is 0 Å². The molecule has 0 amide bonds. The Morgan fingerprint density at radius 1 is 1.11 bits per heavy atom. The molecule has 2 heteroatoms. The SMILES string of the molecule is CCCCCN(C)Cc1ccnc2ccccc12. The van der Waals surface area contributed by atoms with Gasteiger partial charge in [0.25, 0.3) is 0 Å². The molecule has 0 aliphatic carbocycles. The standard InChI is InChI=1S/C16H22N2/c1-3-4-7-12-18(2)13-14-10-11-17-16-9-6-5-8-15(14)16/h5-6,8-11H,3-4,7,12-13H2,1-2H3. The van der Waals surface area contributed by atoms with E-state index in [-0.39, 0.29) is 0 Å². The van der Waals surface area contributed by atoms with Gasteiger partial charge in [0.05, 0.1) is 5.52 Å². The number of nitrogens with zero attached hydrogens (tertiary/aromatic N) is 2. The largest absolute Gasteiger partial charge is 0.302 e. The summed E-state index contributed by atoms with van der Waals surface area (Å²) in [5.41, 5.74) is 2.47. The molecule has 0 spiro atoms. The van der Waals surface area contributed by atoms with E-state index >= 15 is 0 Å². The molecule has 1 heterocycles. The summed E-state index contributed by atoms with van der Waals surface area (Å²) < 4.78 is 0. The van der Waals surface area contributed by atoms with Gasteiger partial charge < -0.3 is 4.90 Å². The van der Waals surface area contributed by atoms with Crippen LogP contribution in [0, 0.1) is 0 Å². The molecular weight excluding hydrogens is 220 g/mol. The van der Waals surface area contributed by atoms with E-state index in [1.807, 2.05) is 12.3 Å². The zero-order valence-electron chi connectivity index (χ0n) is 11.4. The number of benzene rings is 1. The first-order valence-electron chi connectivity index (χ1n) is 6.82. The van der Waals surface area contributed by atoms with Crippen LogP contribution in [0.2, 0.25) is 0 Å². The zero-order valence-corrected chi connectivity index (χ0v) is 11.4. The highest BCUT2D eigenvalue weighted by molar-refractivity contribution is 5.81. The molecule has 0 aliphatic rings. The van der Waals surface area contributed by atoms with Gasteiger partial charge in [-0.25, -0.2) is 0 Å². The third kappa shape index (κ3) is 3.30. The molecule has 2 aromatic rings. The molecule has 96 valence electrons. The molecule has 2 nitrogen and oxygen atoms in total. The molecule has 0 radical (unpaired) electrons. The van der Waals surface area contributed by atoms with Crippen LogP contribution in [0.3, 0.4) is 0 Å². The van der Waals surface area contributed by atoms with Gasteiger partial charge in [-0.05, 0) is 37.7 Å². The van der Waals surface area contributed by atoms with Crippen LogP contribution in [-0.4, -0.2) is 23.5 Å². The van der Waals surface area contributed by atoms with Crippen molar-refractivity contribution in [3.8, 4) is 0 Å². The first-order chi connectivity index (χ1) is 8.81. The Hall–Kier alpha value is -1.41. The van der Waals surface area contributed by atoms with Gasteiger partial charge in [0.15, 0.2) is 0 Å². The first-order valence-corrected chi connectivity index (χ1v) is 6.82. The van der Waals surface area contributed by atoms with Crippen molar-refractivity contribution in [2.24, 2.45) is 0 Å². The molecule has 0 unspecified atom stereocenters. The van der Waals surface area contributed by atoms with Crippen molar-refractivity contribution >= 4 is 10.9 Å². The predicted octanol–water partition coefficient (Wildman–Crippen LogP) is 3.86. The number of aromatic nitrogens is 1. The molecule has 2 rings (SSSR count). The van der Waals surface area contributed by atoms with Gasteiger partial charge in [-0.15, -0.1) is 0 Å². The summed E-state index contributed by atoms with van der Waals surface area (Å²) in [6, 6.07) is 10.5. The number of hydrogen-bond donors (Lipinski definition) is 0. The molecule has 0 bridgehead atoms. The lowest BCUT2D eigenvalue weighted by Gasteiger charge is -2.17. The van der Waals surface area contributed by atoms with Gasteiger partial charge in [0.2, 0.25) is 0 Å². The van der Waals surface area contributed by atoms with Crippen molar-refractivity contribution < 1.29 is 0 Å². The summed E-state index contributed by atoms with van der Waals surface area (Å²) in [5, 5.41) is 1.28. The summed E-state index contributed by atoms with van der Waals surface area (Å²) in [7, 11) is 2.20. The average molecular weight is 242 g/mol. The lowest BCUT2D eigenvalue weighted by atomic mass is 10.1. The molecule has 1 aromatic carbocycles. The van der Waals surface area contributed by atoms with Crippen molar-refractivity contribution in [2.45, 2.75) is 32.7 Å². The fraction of sp³-hybridized carbons (Fsp3) is 0.438. The quantitative estimate of drug-likeness (QED) is 0.715. The topological polar surface area (TPSA) is 16.1 Å². The van der Waals surface area contributed by atoms with E-state index in [0.29, 0.717) is 0 Å². The molecule has 0 aliphatic heterocycles. The fourth-order valence-electron chi connectivity index (χ4n) is 2.29. The normalized spacial score (nSPS) is 11.3. The summed E-state index contributed by atoms with van der Waals surface area (Å²) in [6.07, 6.45) is 5.81. The lowest BCUT2D eigenvalue weighted by Crippen LogP contribution is -2.19. The number of fused-ring (bicyclic) bond motifs is 1. The molecular formula is C16H22N2. The van der Waals surface area contributed by atoms with E-state index in [1.165, 1.54) is 36.8 Å². The molecule has 0 fully saturated rings. The summed E-state index contributed by atoms with van der Waals surface area (Å²) in [5.74, 6) is 0. The molecule has 0 saturated heterocycles. The Labute approximate surface area is 110 Å². The Morgan fingerprint density at radius 2 is 1.94 bits per heavy atom. The summed E-state index contributed by atoms with van der Waals surface area (Å²) in [6.45, 7) is 4.42. The minimum atomic E-state index is 1.01. The highest BCUT2D eigenvalue weighted by atomic mass is 15.1. The fourth-order valence-corrected chi connectivity index (χ4v) is 2.29. The molecule has 18 heavy (non-hydrogen) atoms. The Morgan fingerprint density at radius 3 is 2.78 bits per heavy atom. The van der Waals surface area contributed by atoms with Crippen LogP contribution in [0.25, 0.3) is 10.9 Å². The second-order valence-electron chi connectivity index (χ2n) is 4.93. The van der Waals surface area contributed by atoms with Crippen molar-refractivity contribution in [3.63, 3.8) is 0 Å². The van der Waals surface area contributed by atoms with Gasteiger partial charge in [-0.2, -0.15) is 0 Å². The molecule has 0 N–H and O–H groups in total. The summed E-state index contributed by atoms with van der Waals surface area (Å²) >= 11 is 0. The number of rotatable bonds is 6. The maximum atomic E-state index is 4.41. The molecule has 1 aromatic heterocycles. The Balaban J connectivity index is 2.07. The van der Waals surface area contributed by atoms with Crippen LogP contribution in [0.5, 0.6) is 0 Å². The van der Waals surface area contributed by atoms with Gasteiger partial charge in [-0.1, -0.05) is 38.0 Å². The maximum absolute atomic E-state index is 4.41. The van der Waals surface area contributed by atoms with Crippen LogP contribution < -0.4 is 0 Å². The van der Waals surface area contributed by atoms with Crippen LogP contribution in [-0.2, 0) is 6.54 Å². The van der Waals surface area contributed by atoms with Gasteiger partial charge in [-0.3, -0.25) is 4.98 Å². The monoisotopic (exact) mass is 242 g/mol. The lowest BCUT2D eigenvalue weighted by molar-refractivity contribution is 0.319. The minimum absolute atomic E-state index is 1.01. The van der Waals surface area contributed by atoms with Crippen LogP contribution in [0.15, 0.2) is 36.5 Å². The number of unbranched alkanes of at least 4 members (excludes halogenated alkanes) is 2.